The van der Waals surface area contributed by atoms with Crippen LogP contribution in [-0.4, -0.2) is 39.8 Å². The number of piperidine rings is 1. The average Bonchev–Trinajstić information content (AvgIpc) is 3.02. The molecular weight excluding hydrogens is 425 g/mol. The van der Waals surface area contributed by atoms with Crippen LogP contribution in [0.4, 0.5) is 23.8 Å². The Kier molecular flexibility index (Phi) is 6.12. The average molecular weight is 450 g/mol. The van der Waals surface area contributed by atoms with E-state index in [1.807, 2.05) is 6.07 Å². The maximum Gasteiger partial charge on any atom is 0.416 e. The van der Waals surface area contributed by atoms with Crippen molar-refractivity contribution in [1.82, 2.24) is 14.7 Å². The highest BCUT2D eigenvalue weighted by Gasteiger charge is 2.31. The minimum absolute atomic E-state index is 0.0529. The van der Waals surface area contributed by atoms with Gasteiger partial charge in [0.2, 0.25) is 5.91 Å². The Bertz CT molecular complexity index is 1020. The number of halogens is 3. The second kappa shape index (κ2) is 8.84. The molecule has 0 spiro atoms. The summed E-state index contributed by atoms with van der Waals surface area (Å²) in [6.07, 6.45) is -2.07. The van der Waals surface area contributed by atoms with Crippen LogP contribution in [0.2, 0.25) is 0 Å². The molecule has 2 amide bonds. The molecule has 2 aromatic rings. The zero-order valence-corrected chi connectivity index (χ0v) is 17.8. The number of nitrogens with zero attached hydrogens (tertiary/aromatic N) is 4. The van der Waals surface area contributed by atoms with Crippen LogP contribution in [0.1, 0.15) is 48.1 Å². The molecule has 0 radical (unpaired) electrons. The van der Waals surface area contributed by atoms with Crippen LogP contribution in [0.25, 0.3) is 0 Å². The summed E-state index contributed by atoms with van der Waals surface area (Å²) in [7, 11) is 0. The van der Waals surface area contributed by atoms with Crippen molar-refractivity contribution in [2.45, 2.75) is 58.5 Å². The lowest BCUT2D eigenvalue weighted by molar-refractivity contribution is -0.137. The van der Waals surface area contributed by atoms with Crippen LogP contribution >= 0.6 is 0 Å². The fourth-order valence-corrected chi connectivity index (χ4v) is 4.13. The Morgan fingerprint density at radius 2 is 1.91 bits per heavy atom. The van der Waals surface area contributed by atoms with Gasteiger partial charge in [-0.05, 0) is 43.9 Å². The molecule has 1 saturated heterocycles. The molecule has 32 heavy (non-hydrogen) atoms. The van der Waals surface area contributed by atoms with Gasteiger partial charge in [-0.25, -0.2) is 4.79 Å². The van der Waals surface area contributed by atoms with Crippen LogP contribution in [-0.2, 0) is 35.4 Å². The Balaban J connectivity index is 1.42. The van der Waals surface area contributed by atoms with E-state index in [1.54, 1.807) is 22.6 Å². The Labute approximate surface area is 183 Å². The predicted molar refractivity (Wildman–Crippen MR) is 110 cm³/mol. The van der Waals surface area contributed by atoms with Crippen molar-refractivity contribution < 1.29 is 27.5 Å². The molecule has 2 aliphatic heterocycles. The van der Waals surface area contributed by atoms with E-state index in [2.05, 4.69) is 5.10 Å². The molecule has 0 atom stereocenters. The van der Waals surface area contributed by atoms with Crippen LogP contribution < -0.4 is 4.90 Å². The fraction of sp³-hybridized carbons (Fsp3) is 0.500. The maximum absolute atomic E-state index is 13.0. The summed E-state index contributed by atoms with van der Waals surface area (Å²) in [5, 5.41) is 4.55. The van der Waals surface area contributed by atoms with Gasteiger partial charge >= 0.3 is 12.3 Å². The molecule has 4 rings (SSSR count). The van der Waals surface area contributed by atoms with Gasteiger partial charge < -0.3 is 9.64 Å². The second-order valence-corrected chi connectivity index (χ2v) is 8.25. The quantitative estimate of drug-likeness (QED) is 0.701. The molecule has 172 valence electrons. The first-order valence-electron chi connectivity index (χ1n) is 10.7. The van der Waals surface area contributed by atoms with E-state index in [9.17, 15) is 22.8 Å². The summed E-state index contributed by atoms with van der Waals surface area (Å²) >= 11 is 0. The van der Waals surface area contributed by atoms with Gasteiger partial charge in [0.1, 0.15) is 6.61 Å². The number of carbonyl (C=O) groups is 2. The largest absolute Gasteiger partial charge is 0.445 e. The topological polar surface area (TPSA) is 67.7 Å². The lowest BCUT2D eigenvalue weighted by Crippen LogP contribution is -2.35. The zero-order chi connectivity index (χ0) is 22.9. The first kappa shape index (κ1) is 22.2. The number of benzene rings is 1. The third-order valence-corrected chi connectivity index (χ3v) is 5.69. The predicted octanol–water partition coefficient (Wildman–Crippen LogP) is 4.27. The highest BCUT2D eigenvalue weighted by atomic mass is 19.4. The molecule has 7 nitrogen and oxygen atoms in total. The van der Waals surface area contributed by atoms with Crippen molar-refractivity contribution in [2.75, 3.05) is 18.0 Å². The van der Waals surface area contributed by atoms with Crippen molar-refractivity contribution in [3.8, 4) is 0 Å². The summed E-state index contributed by atoms with van der Waals surface area (Å²) in [6.45, 7) is 3.27. The molecule has 10 heteroatoms. The highest BCUT2D eigenvalue weighted by molar-refractivity contribution is 5.93. The molecule has 1 aromatic heterocycles. The molecule has 3 heterocycles. The number of aryl methyl sites for hydroxylation is 2. The summed E-state index contributed by atoms with van der Waals surface area (Å²) < 4.78 is 46.2. The molecule has 1 aromatic carbocycles. The summed E-state index contributed by atoms with van der Waals surface area (Å²) in [5.74, 6) is 0.650. The number of hydrogen-bond donors (Lipinski definition) is 0. The zero-order valence-electron chi connectivity index (χ0n) is 17.8. The standard InChI is InChI=1S/C22H25F3N4O3/c1-15-9-16(11-17(10-15)22(23,24)25)14-32-21(31)27-6-4-8-29-18(13-27)12-19(26-29)28-7-3-2-5-20(28)30/h9-12H,2-8,13-14H2,1H3. The van der Waals surface area contributed by atoms with E-state index in [4.69, 9.17) is 4.74 Å². The van der Waals surface area contributed by atoms with Gasteiger partial charge in [-0.2, -0.15) is 18.3 Å². The molecule has 2 aliphatic rings. The summed E-state index contributed by atoms with van der Waals surface area (Å²) in [4.78, 5) is 28.0. The smallest absolute Gasteiger partial charge is 0.416 e. The Hall–Kier alpha value is -3.04. The number of alkyl halides is 3. The summed E-state index contributed by atoms with van der Waals surface area (Å²) in [5.41, 5.74) is 0.769. The number of aromatic nitrogens is 2. The van der Waals surface area contributed by atoms with Gasteiger partial charge in [-0.1, -0.05) is 11.6 Å². The van der Waals surface area contributed by atoms with E-state index in [0.29, 0.717) is 43.9 Å². The fourth-order valence-electron chi connectivity index (χ4n) is 4.13. The normalized spacial score (nSPS) is 17.2. The monoisotopic (exact) mass is 450 g/mol. The van der Waals surface area contributed by atoms with Crippen molar-refractivity contribution in [2.24, 2.45) is 0 Å². The third kappa shape index (κ3) is 4.89. The van der Waals surface area contributed by atoms with Gasteiger partial charge in [0, 0.05) is 32.1 Å². The molecule has 0 unspecified atom stereocenters. The lowest BCUT2D eigenvalue weighted by Gasteiger charge is -2.24. The third-order valence-electron chi connectivity index (χ3n) is 5.69. The van der Waals surface area contributed by atoms with Gasteiger partial charge in [-0.15, -0.1) is 0 Å². The van der Waals surface area contributed by atoms with Crippen molar-refractivity contribution >= 4 is 17.8 Å². The lowest BCUT2D eigenvalue weighted by atomic mass is 10.1. The van der Waals surface area contributed by atoms with Gasteiger partial charge in [0.25, 0.3) is 0 Å². The number of anilines is 1. The van der Waals surface area contributed by atoms with Crippen LogP contribution in [0.15, 0.2) is 24.3 Å². The number of amides is 2. The molecule has 1 fully saturated rings. The van der Waals surface area contributed by atoms with E-state index >= 15 is 0 Å². The first-order valence-corrected chi connectivity index (χ1v) is 10.7. The first-order chi connectivity index (χ1) is 15.2. The number of hydrogen-bond acceptors (Lipinski definition) is 4. The number of ether oxygens (including phenoxy) is 1. The number of rotatable bonds is 3. The maximum atomic E-state index is 13.0. The van der Waals surface area contributed by atoms with Crippen molar-refractivity contribution in [1.29, 1.82) is 0 Å². The van der Waals surface area contributed by atoms with E-state index in [1.165, 1.54) is 4.90 Å². The van der Waals surface area contributed by atoms with Crippen molar-refractivity contribution in [3.63, 3.8) is 0 Å². The second-order valence-electron chi connectivity index (χ2n) is 8.25. The SMILES string of the molecule is Cc1cc(COC(=O)N2CCCn3nc(N4CCCCC4=O)cc3C2)cc(C(F)(F)F)c1. The van der Waals surface area contributed by atoms with Gasteiger partial charge in [0.05, 0.1) is 17.8 Å². The van der Waals surface area contributed by atoms with Gasteiger partial charge in [-0.3, -0.25) is 14.4 Å². The minimum atomic E-state index is -4.46. The van der Waals surface area contributed by atoms with Crippen LogP contribution in [0.3, 0.4) is 0 Å². The molecule has 0 bridgehead atoms. The van der Waals surface area contributed by atoms with Crippen LogP contribution in [0, 0.1) is 6.92 Å². The van der Waals surface area contributed by atoms with Crippen LogP contribution in [0.5, 0.6) is 0 Å². The molecular formula is C22H25F3N4O3. The van der Waals surface area contributed by atoms with E-state index in [-0.39, 0.29) is 24.6 Å². The number of carbonyl (C=O) groups excluding carboxylic acids is 2. The highest BCUT2D eigenvalue weighted by Crippen LogP contribution is 2.31. The number of fused-ring (bicyclic) bond motifs is 1. The van der Waals surface area contributed by atoms with Crippen molar-refractivity contribution in [3.05, 3.63) is 46.6 Å². The van der Waals surface area contributed by atoms with E-state index in [0.717, 1.165) is 30.7 Å². The minimum Gasteiger partial charge on any atom is -0.445 e. The molecule has 0 N–H and O–H groups in total. The van der Waals surface area contributed by atoms with Gasteiger partial charge in [0.15, 0.2) is 5.82 Å². The Morgan fingerprint density at radius 3 is 2.66 bits per heavy atom. The molecule has 0 saturated carbocycles. The molecule has 0 aliphatic carbocycles. The Morgan fingerprint density at radius 1 is 1.09 bits per heavy atom. The van der Waals surface area contributed by atoms with E-state index < -0.39 is 17.8 Å². The summed E-state index contributed by atoms with van der Waals surface area (Å²) in [6, 6.07) is 5.46.